The van der Waals surface area contributed by atoms with Crippen molar-refractivity contribution < 1.29 is 18.0 Å². The molecule has 0 spiro atoms. The molecule has 0 amide bonds. The molecule has 124 valence electrons. The fraction of sp³-hybridized carbons (Fsp3) is 0.929. The van der Waals surface area contributed by atoms with E-state index in [2.05, 4.69) is 4.90 Å². The summed E-state index contributed by atoms with van der Waals surface area (Å²) in [6, 6.07) is 0.826. The topological polar surface area (TPSA) is 40.2 Å². The van der Waals surface area contributed by atoms with Crippen molar-refractivity contribution in [3.05, 3.63) is 0 Å². The Balaban J connectivity index is 2.42. The summed E-state index contributed by atoms with van der Waals surface area (Å²) in [5.74, 6) is 0. The Bertz CT molecular complexity index is 284. The van der Waals surface area contributed by atoms with Gasteiger partial charge in [0.15, 0.2) is 0 Å². The van der Waals surface area contributed by atoms with E-state index in [4.69, 9.17) is 30.2 Å². The van der Waals surface area contributed by atoms with E-state index < -0.39 is 8.80 Å². The molecule has 7 heteroatoms. The van der Waals surface area contributed by atoms with Gasteiger partial charge in [-0.05, 0) is 33.6 Å². The van der Waals surface area contributed by atoms with Gasteiger partial charge in [-0.1, -0.05) is 12.2 Å². The van der Waals surface area contributed by atoms with Crippen molar-refractivity contribution in [3.63, 3.8) is 0 Å². The van der Waals surface area contributed by atoms with Crippen LogP contribution < -0.4 is 0 Å². The standard InChI is InChI=1S/C14H29NO4SSi/c1-4-17-21(18-5-2,19-6-3)13-7-8-14(20)15-9-11-16-12-10-15/h4-13H2,1-3H3. The summed E-state index contributed by atoms with van der Waals surface area (Å²) >= 11 is 5.52. The number of hydrogen-bond acceptors (Lipinski definition) is 5. The first-order valence-corrected chi connectivity index (χ1v) is 10.3. The summed E-state index contributed by atoms with van der Waals surface area (Å²) in [4.78, 5) is 3.26. The van der Waals surface area contributed by atoms with Crippen LogP contribution in [0, 0.1) is 0 Å². The summed E-state index contributed by atoms with van der Waals surface area (Å²) in [6.07, 6.45) is 1.83. The zero-order valence-electron chi connectivity index (χ0n) is 13.6. The monoisotopic (exact) mass is 335 g/mol. The number of hydrogen-bond donors (Lipinski definition) is 0. The lowest BCUT2D eigenvalue weighted by atomic mass is 10.3. The molecular weight excluding hydrogens is 306 g/mol. The molecule has 21 heavy (non-hydrogen) atoms. The molecular formula is C14H29NO4SSi. The molecule has 0 aromatic rings. The molecule has 1 aliphatic heterocycles. The SMILES string of the molecule is CCO[Si](CCCC(=S)N1CCOCC1)(OCC)OCC. The second-order valence-corrected chi connectivity index (χ2v) is 8.03. The van der Waals surface area contributed by atoms with Gasteiger partial charge in [0.1, 0.15) is 0 Å². The van der Waals surface area contributed by atoms with Gasteiger partial charge in [0.05, 0.1) is 18.2 Å². The fourth-order valence-corrected chi connectivity index (χ4v) is 5.37. The van der Waals surface area contributed by atoms with Crippen LogP contribution in [0.5, 0.6) is 0 Å². The summed E-state index contributed by atoms with van der Waals surface area (Å²) in [5.41, 5.74) is 0. The van der Waals surface area contributed by atoms with Crippen molar-refractivity contribution in [3.8, 4) is 0 Å². The highest BCUT2D eigenvalue weighted by molar-refractivity contribution is 7.80. The zero-order chi connectivity index (χ0) is 15.6. The van der Waals surface area contributed by atoms with E-state index in [0.29, 0.717) is 19.8 Å². The van der Waals surface area contributed by atoms with Gasteiger partial charge in [-0.25, -0.2) is 0 Å². The molecule has 0 aliphatic carbocycles. The van der Waals surface area contributed by atoms with E-state index in [-0.39, 0.29) is 0 Å². The predicted octanol–water partition coefficient (Wildman–Crippen LogP) is 2.47. The number of rotatable bonds is 10. The quantitative estimate of drug-likeness (QED) is 0.451. The van der Waals surface area contributed by atoms with Crippen LogP contribution in [0.25, 0.3) is 0 Å². The van der Waals surface area contributed by atoms with Gasteiger partial charge >= 0.3 is 8.80 Å². The molecule has 0 radical (unpaired) electrons. The minimum Gasteiger partial charge on any atom is -0.378 e. The van der Waals surface area contributed by atoms with E-state index in [1.54, 1.807) is 0 Å². The lowest BCUT2D eigenvalue weighted by molar-refractivity contribution is 0.0670. The summed E-state index contributed by atoms with van der Waals surface area (Å²) in [7, 11) is -2.51. The molecule has 0 aromatic heterocycles. The number of nitrogens with zero attached hydrogens (tertiary/aromatic N) is 1. The van der Waals surface area contributed by atoms with Gasteiger partial charge in [0.2, 0.25) is 0 Å². The summed E-state index contributed by atoms with van der Waals surface area (Å²) in [5, 5.41) is 0. The van der Waals surface area contributed by atoms with Gasteiger partial charge in [0, 0.05) is 39.0 Å². The van der Waals surface area contributed by atoms with E-state index in [9.17, 15) is 0 Å². The van der Waals surface area contributed by atoms with Crippen molar-refractivity contribution in [1.82, 2.24) is 4.90 Å². The maximum absolute atomic E-state index is 5.86. The Labute approximate surface area is 135 Å². The van der Waals surface area contributed by atoms with Crippen LogP contribution in [0.2, 0.25) is 6.04 Å². The molecule has 0 bridgehead atoms. The van der Waals surface area contributed by atoms with Crippen LogP contribution in [0.4, 0.5) is 0 Å². The van der Waals surface area contributed by atoms with Gasteiger partial charge in [-0.15, -0.1) is 0 Å². The van der Waals surface area contributed by atoms with Crippen LogP contribution in [0.3, 0.4) is 0 Å². The summed E-state index contributed by atoms with van der Waals surface area (Å²) in [6.45, 7) is 11.2. The molecule has 0 unspecified atom stereocenters. The van der Waals surface area contributed by atoms with E-state index in [1.165, 1.54) is 0 Å². The van der Waals surface area contributed by atoms with Crippen molar-refractivity contribution in [1.29, 1.82) is 0 Å². The Hall–Kier alpha value is -0.0531. The second-order valence-electron chi connectivity index (χ2n) is 4.83. The molecule has 1 fully saturated rings. The van der Waals surface area contributed by atoms with Gasteiger partial charge in [-0.2, -0.15) is 0 Å². The third-order valence-electron chi connectivity index (χ3n) is 3.33. The predicted molar refractivity (Wildman–Crippen MR) is 89.7 cm³/mol. The molecule has 5 nitrogen and oxygen atoms in total. The van der Waals surface area contributed by atoms with E-state index >= 15 is 0 Å². The molecule has 0 atom stereocenters. The third kappa shape index (κ3) is 6.71. The second kappa shape index (κ2) is 10.6. The van der Waals surface area contributed by atoms with Crippen molar-refractivity contribution in [2.45, 2.75) is 39.7 Å². The smallest absolute Gasteiger partial charge is 0.378 e. The highest BCUT2D eigenvalue weighted by atomic mass is 32.1. The van der Waals surface area contributed by atoms with Gasteiger partial charge in [0.25, 0.3) is 0 Å². The molecule has 1 heterocycles. The fourth-order valence-electron chi connectivity index (χ4n) is 2.43. The van der Waals surface area contributed by atoms with E-state index in [0.717, 1.165) is 50.2 Å². The largest absolute Gasteiger partial charge is 0.500 e. The zero-order valence-corrected chi connectivity index (χ0v) is 15.4. The normalized spacial score (nSPS) is 16.2. The number of ether oxygens (including phenoxy) is 1. The first-order valence-electron chi connectivity index (χ1n) is 7.94. The Morgan fingerprint density at radius 3 is 2.05 bits per heavy atom. The van der Waals surface area contributed by atoms with Crippen molar-refractivity contribution in [2.24, 2.45) is 0 Å². The lowest BCUT2D eigenvalue weighted by Gasteiger charge is -2.31. The van der Waals surface area contributed by atoms with Crippen LogP contribution in [0.15, 0.2) is 0 Å². The average molecular weight is 336 g/mol. The average Bonchev–Trinajstić information content (AvgIpc) is 2.49. The highest BCUT2D eigenvalue weighted by Crippen LogP contribution is 2.20. The van der Waals surface area contributed by atoms with Crippen LogP contribution in [-0.4, -0.2) is 64.8 Å². The maximum atomic E-state index is 5.86. The van der Waals surface area contributed by atoms with Gasteiger partial charge < -0.3 is 22.9 Å². The molecule has 1 saturated heterocycles. The number of thiocarbonyl (C=S) groups is 1. The Morgan fingerprint density at radius 2 is 1.57 bits per heavy atom. The van der Waals surface area contributed by atoms with Crippen molar-refractivity contribution in [2.75, 3.05) is 46.1 Å². The summed E-state index contributed by atoms with van der Waals surface area (Å²) < 4.78 is 22.9. The highest BCUT2D eigenvalue weighted by Gasteiger charge is 2.39. The van der Waals surface area contributed by atoms with Gasteiger partial charge in [-0.3, -0.25) is 0 Å². The number of morpholine rings is 1. The van der Waals surface area contributed by atoms with E-state index in [1.807, 2.05) is 20.8 Å². The minimum absolute atomic E-state index is 0.625. The van der Waals surface area contributed by atoms with Crippen molar-refractivity contribution >= 4 is 26.0 Å². The maximum Gasteiger partial charge on any atom is 0.500 e. The molecule has 1 aliphatic rings. The minimum atomic E-state index is -2.51. The van der Waals surface area contributed by atoms with Crippen LogP contribution in [-0.2, 0) is 18.0 Å². The Morgan fingerprint density at radius 1 is 1.05 bits per heavy atom. The lowest BCUT2D eigenvalue weighted by Crippen LogP contribution is -2.46. The third-order valence-corrected chi connectivity index (χ3v) is 6.94. The first kappa shape index (κ1) is 19.0. The molecule has 0 N–H and O–H groups in total. The molecule has 0 aromatic carbocycles. The van der Waals surface area contributed by atoms with Crippen LogP contribution in [0.1, 0.15) is 33.6 Å². The van der Waals surface area contributed by atoms with Crippen LogP contribution >= 0.6 is 12.2 Å². The first-order chi connectivity index (χ1) is 10.2. The molecule has 0 saturated carbocycles. The Kier molecular flexibility index (Phi) is 9.62. The molecule has 1 rings (SSSR count).